The number of esters is 1. The molecule has 0 aliphatic rings. The van der Waals surface area contributed by atoms with Gasteiger partial charge in [0.1, 0.15) is 5.82 Å². The number of benzene rings is 2. The van der Waals surface area contributed by atoms with Crippen LogP contribution >= 0.6 is 11.6 Å². The van der Waals surface area contributed by atoms with Crippen LogP contribution in [0.1, 0.15) is 10.4 Å². The van der Waals surface area contributed by atoms with Crippen molar-refractivity contribution in [2.45, 2.75) is 4.90 Å². The Bertz CT molecular complexity index is 962. The van der Waals surface area contributed by atoms with Crippen LogP contribution in [0.4, 0.5) is 10.1 Å². The molecule has 0 aliphatic heterocycles. The maximum absolute atomic E-state index is 13.0. The summed E-state index contributed by atoms with van der Waals surface area (Å²) in [7, 11) is -0.750. The van der Waals surface area contributed by atoms with Crippen molar-refractivity contribution >= 4 is 39.2 Å². The van der Waals surface area contributed by atoms with E-state index in [0.29, 0.717) is 5.69 Å². The van der Waals surface area contributed by atoms with E-state index >= 15 is 0 Å². The first kappa shape index (κ1) is 20.8. The summed E-state index contributed by atoms with van der Waals surface area (Å²) in [5, 5.41) is 2.34. The Morgan fingerprint density at radius 1 is 1.15 bits per heavy atom. The van der Waals surface area contributed by atoms with Gasteiger partial charge in [-0.1, -0.05) is 11.6 Å². The Hall–Kier alpha value is -2.49. The second kappa shape index (κ2) is 8.47. The lowest BCUT2D eigenvalue weighted by Gasteiger charge is -2.12. The monoisotopic (exact) mass is 414 g/mol. The van der Waals surface area contributed by atoms with E-state index < -0.39 is 34.3 Å². The van der Waals surface area contributed by atoms with Crippen LogP contribution in [0.15, 0.2) is 47.4 Å². The zero-order chi connectivity index (χ0) is 20.2. The molecule has 0 heterocycles. The van der Waals surface area contributed by atoms with Crippen molar-refractivity contribution in [1.82, 2.24) is 4.31 Å². The SMILES string of the molecule is CN(C)S(=O)(=O)c1ccc(NC(=O)COC(=O)c2ccc(F)cc2Cl)cc1. The van der Waals surface area contributed by atoms with Crippen molar-refractivity contribution < 1.29 is 27.1 Å². The molecule has 0 fully saturated rings. The lowest BCUT2D eigenvalue weighted by atomic mass is 10.2. The number of carbonyl (C=O) groups excluding carboxylic acids is 2. The molecule has 0 unspecified atom stereocenters. The standard InChI is InChI=1S/C17H16ClFN2O5S/c1-21(2)27(24,25)13-6-4-12(5-7-13)20-16(22)10-26-17(23)14-8-3-11(19)9-15(14)18/h3-9H,10H2,1-2H3,(H,20,22). The van der Waals surface area contributed by atoms with E-state index in [9.17, 15) is 22.4 Å². The summed E-state index contributed by atoms with van der Waals surface area (Å²) in [6, 6.07) is 8.67. The molecule has 1 amide bonds. The van der Waals surface area contributed by atoms with Crippen molar-refractivity contribution in [2.75, 3.05) is 26.0 Å². The van der Waals surface area contributed by atoms with E-state index in [1.165, 1.54) is 38.4 Å². The minimum absolute atomic E-state index is 0.0656. The Balaban J connectivity index is 1.95. The van der Waals surface area contributed by atoms with Gasteiger partial charge in [0.15, 0.2) is 6.61 Å². The fourth-order valence-electron chi connectivity index (χ4n) is 1.98. The molecule has 0 atom stereocenters. The van der Waals surface area contributed by atoms with Crippen LogP contribution in [0.2, 0.25) is 5.02 Å². The average Bonchev–Trinajstić information content (AvgIpc) is 2.60. The highest BCUT2D eigenvalue weighted by atomic mass is 35.5. The molecule has 0 radical (unpaired) electrons. The topological polar surface area (TPSA) is 92.8 Å². The van der Waals surface area contributed by atoms with Gasteiger partial charge in [-0.2, -0.15) is 0 Å². The number of nitrogens with one attached hydrogen (secondary N) is 1. The molecule has 0 aliphatic carbocycles. The first-order chi connectivity index (χ1) is 12.6. The largest absolute Gasteiger partial charge is 0.452 e. The average molecular weight is 415 g/mol. The number of ether oxygens (including phenoxy) is 1. The molecule has 0 bridgehead atoms. The Kier molecular flexibility index (Phi) is 6.53. The maximum Gasteiger partial charge on any atom is 0.340 e. The van der Waals surface area contributed by atoms with Crippen molar-refractivity contribution in [2.24, 2.45) is 0 Å². The van der Waals surface area contributed by atoms with E-state index in [1.807, 2.05) is 0 Å². The summed E-state index contributed by atoms with van der Waals surface area (Å²) in [5.41, 5.74) is 0.262. The van der Waals surface area contributed by atoms with Gasteiger partial charge in [-0.25, -0.2) is 21.9 Å². The van der Waals surface area contributed by atoms with E-state index in [-0.39, 0.29) is 15.5 Å². The molecule has 0 aromatic heterocycles. The second-order valence-corrected chi connectivity index (χ2v) is 8.12. The molecule has 2 aromatic rings. The predicted molar refractivity (Wildman–Crippen MR) is 97.6 cm³/mol. The third kappa shape index (κ3) is 5.25. The Labute approximate surface area is 160 Å². The van der Waals surface area contributed by atoms with Gasteiger partial charge in [-0.3, -0.25) is 4.79 Å². The number of hydrogen-bond acceptors (Lipinski definition) is 5. The minimum atomic E-state index is -3.57. The van der Waals surface area contributed by atoms with Crippen molar-refractivity contribution in [3.05, 3.63) is 58.9 Å². The summed E-state index contributed by atoms with van der Waals surface area (Å²) < 4.78 is 42.8. The molecule has 0 saturated heterocycles. The number of halogens is 2. The van der Waals surface area contributed by atoms with Gasteiger partial charge in [0.25, 0.3) is 5.91 Å². The number of sulfonamides is 1. The molecular formula is C17H16ClFN2O5S. The van der Waals surface area contributed by atoms with E-state index in [1.54, 1.807) is 0 Å². The van der Waals surface area contributed by atoms with Gasteiger partial charge in [0.05, 0.1) is 15.5 Å². The van der Waals surface area contributed by atoms with Gasteiger partial charge < -0.3 is 10.1 Å². The molecule has 7 nitrogen and oxygen atoms in total. The molecule has 1 N–H and O–H groups in total. The van der Waals surface area contributed by atoms with Crippen LogP contribution < -0.4 is 5.32 Å². The number of amides is 1. The molecule has 0 spiro atoms. The maximum atomic E-state index is 13.0. The van der Waals surface area contributed by atoms with Gasteiger partial charge in [-0.05, 0) is 42.5 Å². The Morgan fingerprint density at radius 3 is 2.33 bits per heavy atom. The fourth-order valence-corrected chi connectivity index (χ4v) is 3.13. The van der Waals surface area contributed by atoms with Gasteiger partial charge in [0.2, 0.25) is 10.0 Å². The molecule has 144 valence electrons. The van der Waals surface area contributed by atoms with Crippen molar-refractivity contribution in [3.63, 3.8) is 0 Å². The van der Waals surface area contributed by atoms with Crippen LogP contribution in [0.25, 0.3) is 0 Å². The quantitative estimate of drug-likeness (QED) is 0.733. The molecular weight excluding hydrogens is 399 g/mol. The van der Waals surface area contributed by atoms with Crippen LogP contribution in [-0.4, -0.2) is 45.3 Å². The molecule has 10 heteroatoms. The summed E-state index contributed by atoms with van der Waals surface area (Å²) in [4.78, 5) is 23.8. The van der Waals surface area contributed by atoms with Crippen LogP contribution in [-0.2, 0) is 19.6 Å². The van der Waals surface area contributed by atoms with Crippen molar-refractivity contribution in [1.29, 1.82) is 0 Å². The van der Waals surface area contributed by atoms with Crippen LogP contribution in [0.5, 0.6) is 0 Å². The molecule has 0 saturated carbocycles. The lowest BCUT2D eigenvalue weighted by molar-refractivity contribution is -0.119. The first-order valence-corrected chi connectivity index (χ1v) is 9.37. The number of anilines is 1. The van der Waals surface area contributed by atoms with Crippen molar-refractivity contribution in [3.8, 4) is 0 Å². The summed E-state index contributed by atoms with van der Waals surface area (Å²) in [6.45, 7) is -0.593. The highest BCUT2D eigenvalue weighted by molar-refractivity contribution is 7.89. The minimum Gasteiger partial charge on any atom is -0.452 e. The normalized spacial score (nSPS) is 11.3. The Morgan fingerprint density at radius 2 is 1.78 bits per heavy atom. The van der Waals surface area contributed by atoms with E-state index in [4.69, 9.17) is 16.3 Å². The first-order valence-electron chi connectivity index (χ1n) is 7.56. The van der Waals surface area contributed by atoms with Crippen LogP contribution in [0, 0.1) is 5.82 Å². The van der Waals surface area contributed by atoms with E-state index in [2.05, 4.69) is 5.32 Å². The fraction of sp³-hybridized carbons (Fsp3) is 0.176. The molecule has 27 heavy (non-hydrogen) atoms. The number of rotatable bonds is 6. The smallest absolute Gasteiger partial charge is 0.340 e. The molecule has 2 rings (SSSR count). The number of nitrogens with zero attached hydrogens (tertiary/aromatic N) is 1. The lowest BCUT2D eigenvalue weighted by Crippen LogP contribution is -2.22. The molecule has 2 aromatic carbocycles. The second-order valence-electron chi connectivity index (χ2n) is 5.56. The summed E-state index contributed by atoms with van der Waals surface area (Å²) in [5.74, 6) is -2.11. The zero-order valence-corrected chi connectivity index (χ0v) is 16.0. The predicted octanol–water partition coefficient (Wildman–Crippen LogP) is 2.52. The summed E-state index contributed by atoms with van der Waals surface area (Å²) in [6.07, 6.45) is 0. The zero-order valence-electron chi connectivity index (χ0n) is 14.4. The number of carbonyl (C=O) groups is 2. The van der Waals surface area contributed by atoms with Gasteiger partial charge >= 0.3 is 5.97 Å². The van der Waals surface area contributed by atoms with Crippen LogP contribution in [0.3, 0.4) is 0 Å². The van der Waals surface area contributed by atoms with E-state index in [0.717, 1.165) is 22.5 Å². The third-order valence-electron chi connectivity index (χ3n) is 3.40. The highest BCUT2D eigenvalue weighted by Crippen LogP contribution is 2.19. The third-order valence-corrected chi connectivity index (χ3v) is 5.54. The van der Waals surface area contributed by atoms with Gasteiger partial charge in [-0.15, -0.1) is 0 Å². The number of hydrogen-bond donors (Lipinski definition) is 1. The summed E-state index contributed by atoms with van der Waals surface area (Å²) >= 11 is 5.75. The van der Waals surface area contributed by atoms with Gasteiger partial charge in [0, 0.05) is 19.8 Å². The highest BCUT2D eigenvalue weighted by Gasteiger charge is 2.17.